The monoisotopic (exact) mass is 423 g/mol. The number of rotatable bonds is 7. The molecule has 27 heavy (non-hydrogen) atoms. The third kappa shape index (κ3) is 4.31. The van der Waals surface area contributed by atoms with Crippen LogP contribution < -0.4 is 10.1 Å². The van der Waals surface area contributed by atoms with Gasteiger partial charge in [-0.15, -0.1) is 0 Å². The van der Waals surface area contributed by atoms with E-state index in [-0.39, 0.29) is 6.04 Å². The van der Waals surface area contributed by atoms with Crippen LogP contribution in [0.5, 0.6) is 5.75 Å². The molecule has 1 heterocycles. The Labute approximate surface area is 167 Å². The van der Waals surface area contributed by atoms with Crippen LogP contribution in [0.25, 0.3) is 21.7 Å². The molecule has 0 saturated carbocycles. The second-order valence-corrected chi connectivity index (χ2v) is 7.66. The second kappa shape index (κ2) is 8.11. The van der Waals surface area contributed by atoms with Gasteiger partial charge in [-0.2, -0.15) is 5.10 Å². The summed E-state index contributed by atoms with van der Waals surface area (Å²) < 4.78 is 9.10. The van der Waals surface area contributed by atoms with E-state index in [4.69, 9.17) is 4.74 Å². The van der Waals surface area contributed by atoms with Gasteiger partial charge in [0.2, 0.25) is 0 Å². The van der Waals surface area contributed by atoms with Crippen LogP contribution in [0.2, 0.25) is 0 Å². The minimum atomic E-state index is 0.257. The molecule has 3 aromatic carbocycles. The fourth-order valence-corrected chi connectivity index (χ4v) is 3.56. The highest BCUT2D eigenvalue weighted by Gasteiger charge is 2.05. The van der Waals surface area contributed by atoms with Crippen LogP contribution in [0, 0.1) is 0 Å². The maximum atomic E-state index is 5.97. The summed E-state index contributed by atoms with van der Waals surface area (Å²) in [6.07, 6.45) is 1.92. The lowest BCUT2D eigenvalue weighted by atomic mass is 10.1. The van der Waals surface area contributed by atoms with Crippen molar-refractivity contribution in [3.63, 3.8) is 0 Å². The molecule has 0 radical (unpaired) electrons. The van der Waals surface area contributed by atoms with Gasteiger partial charge in [0.05, 0.1) is 18.3 Å². The van der Waals surface area contributed by atoms with E-state index in [1.165, 1.54) is 21.7 Å². The zero-order valence-corrected chi connectivity index (χ0v) is 16.8. The summed E-state index contributed by atoms with van der Waals surface area (Å²) in [5.41, 5.74) is 1.17. The lowest BCUT2D eigenvalue weighted by molar-refractivity contribution is 0.272. The molecule has 4 nitrogen and oxygen atoms in total. The lowest BCUT2D eigenvalue weighted by Gasteiger charge is -2.15. The number of hydrogen-bond acceptors (Lipinski definition) is 3. The summed E-state index contributed by atoms with van der Waals surface area (Å²) in [6, 6.07) is 21.0. The van der Waals surface area contributed by atoms with E-state index >= 15 is 0 Å². The highest BCUT2D eigenvalue weighted by molar-refractivity contribution is 9.10. The summed E-state index contributed by atoms with van der Waals surface area (Å²) in [5, 5.41) is 11.5. The van der Waals surface area contributed by atoms with Crippen molar-refractivity contribution in [3.8, 4) is 5.75 Å². The molecule has 1 atom stereocenters. The van der Waals surface area contributed by atoms with E-state index in [0.717, 1.165) is 23.3 Å². The largest absolute Gasteiger partial charge is 0.492 e. The van der Waals surface area contributed by atoms with Crippen molar-refractivity contribution in [2.75, 3.05) is 13.2 Å². The van der Waals surface area contributed by atoms with Crippen molar-refractivity contribution in [1.82, 2.24) is 15.1 Å². The predicted octanol–water partition coefficient (Wildman–Crippen LogP) is 5.01. The van der Waals surface area contributed by atoms with Crippen LogP contribution in [-0.4, -0.2) is 29.0 Å². The lowest BCUT2D eigenvalue weighted by Crippen LogP contribution is -2.34. The summed E-state index contributed by atoms with van der Waals surface area (Å²) in [5.74, 6) is 0.900. The zero-order chi connectivity index (χ0) is 18.6. The summed E-state index contributed by atoms with van der Waals surface area (Å²) in [6.45, 7) is 4.45. The summed E-state index contributed by atoms with van der Waals surface area (Å²) in [7, 11) is 0. The average molecular weight is 424 g/mol. The van der Waals surface area contributed by atoms with Gasteiger partial charge in [-0.05, 0) is 48.0 Å². The normalized spacial score (nSPS) is 12.5. The molecule has 138 valence electrons. The minimum absolute atomic E-state index is 0.257. The Kier molecular flexibility index (Phi) is 5.41. The molecule has 0 aliphatic heterocycles. The number of hydrogen-bond donors (Lipinski definition) is 1. The van der Waals surface area contributed by atoms with Gasteiger partial charge in [0, 0.05) is 22.4 Å². The maximum Gasteiger partial charge on any atom is 0.120 e. The Bertz CT molecular complexity index is 1060. The van der Waals surface area contributed by atoms with E-state index < -0.39 is 0 Å². The molecule has 0 fully saturated rings. The van der Waals surface area contributed by atoms with Gasteiger partial charge in [-0.1, -0.05) is 46.3 Å². The molecule has 0 bridgehead atoms. The first-order valence-electron chi connectivity index (χ1n) is 9.15. The van der Waals surface area contributed by atoms with Crippen molar-refractivity contribution >= 4 is 37.6 Å². The van der Waals surface area contributed by atoms with Gasteiger partial charge in [0.15, 0.2) is 0 Å². The first kappa shape index (κ1) is 18.0. The Morgan fingerprint density at radius 2 is 1.85 bits per heavy atom. The van der Waals surface area contributed by atoms with Gasteiger partial charge in [-0.3, -0.25) is 4.68 Å². The fourth-order valence-electron chi connectivity index (χ4n) is 3.19. The predicted molar refractivity (Wildman–Crippen MR) is 114 cm³/mol. The Morgan fingerprint density at radius 3 is 2.78 bits per heavy atom. The van der Waals surface area contributed by atoms with Crippen molar-refractivity contribution < 1.29 is 4.74 Å². The minimum Gasteiger partial charge on any atom is -0.492 e. The third-order valence-electron chi connectivity index (χ3n) is 4.64. The number of para-hydroxylation sites is 1. The van der Waals surface area contributed by atoms with Crippen molar-refractivity contribution in [2.24, 2.45) is 0 Å². The Balaban J connectivity index is 1.28. The smallest absolute Gasteiger partial charge is 0.120 e. The molecule has 0 aliphatic rings. The quantitative estimate of drug-likeness (QED) is 0.454. The van der Waals surface area contributed by atoms with Gasteiger partial charge in [0.25, 0.3) is 0 Å². The van der Waals surface area contributed by atoms with Crippen molar-refractivity contribution in [3.05, 3.63) is 71.3 Å². The van der Waals surface area contributed by atoms with Gasteiger partial charge in [-0.25, -0.2) is 0 Å². The van der Waals surface area contributed by atoms with E-state index in [1.54, 1.807) is 0 Å². The Morgan fingerprint density at radius 1 is 1.04 bits per heavy atom. The number of nitrogens with one attached hydrogen (secondary N) is 1. The number of aromatic nitrogens is 2. The van der Waals surface area contributed by atoms with Crippen LogP contribution >= 0.6 is 15.9 Å². The number of benzene rings is 3. The van der Waals surface area contributed by atoms with E-state index in [0.29, 0.717) is 6.61 Å². The summed E-state index contributed by atoms with van der Waals surface area (Å²) >= 11 is 3.51. The van der Waals surface area contributed by atoms with E-state index in [2.05, 4.69) is 75.7 Å². The number of halogens is 1. The van der Waals surface area contributed by atoms with Gasteiger partial charge >= 0.3 is 0 Å². The van der Waals surface area contributed by atoms with Gasteiger partial charge in [0.1, 0.15) is 12.4 Å². The van der Waals surface area contributed by atoms with Crippen LogP contribution in [0.1, 0.15) is 6.92 Å². The van der Waals surface area contributed by atoms with Crippen LogP contribution in [-0.2, 0) is 6.54 Å². The van der Waals surface area contributed by atoms with Gasteiger partial charge < -0.3 is 10.1 Å². The molecule has 0 saturated heterocycles. The second-order valence-electron chi connectivity index (χ2n) is 6.75. The van der Waals surface area contributed by atoms with E-state index in [1.807, 2.05) is 29.1 Å². The van der Waals surface area contributed by atoms with E-state index in [9.17, 15) is 0 Å². The van der Waals surface area contributed by atoms with Crippen LogP contribution in [0.3, 0.4) is 0 Å². The SMILES string of the molecule is CC(COc1ccc2cc(Br)ccc2c1)NCCn1ncc2ccccc21. The average Bonchev–Trinajstić information content (AvgIpc) is 3.09. The number of nitrogens with zero attached hydrogens (tertiary/aromatic N) is 2. The standard InChI is InChI=1S/C22H22BrN3O/c1-16(24-10-11-26-22-5-3-2-4-19(22)14-25-26)15-27-21-9-7-17-12-20(23)8-6-18(17)13-21/h2-9,12-14,16,24H,10-11,15H2,1H3. The number of fused-ring (bicyclic) bond motifs is 2. The molecule has 1 N–H and O–H groups in total. The van der Waals surface area contributed by atoms with Crippen molar-refractivity contribution in [1.29, 1.82) is 0 Å². The molecule has 0 aliphatic carbocycles. The van der Waals surface area contributed by atoms with Crippen molar-refractivity contribution in [2.45, 2.75) is 19.5 Å². The first-order chi connectivity index (χ1) is 13.2. The molecular weight excluding hydrogens is 402 g/mol. The molecule has 4 rings (SSSR count). The highest BCUT2D eigenvalue weighted by atomic mass is 79.9. The van der Waals surface area contributed by atoms with Crippen LogP contribution in [0.4, 0.5) is 0 Å². The molecule has 0 spiro atoms. The Hall–Kier alpha value is -2.37. The first-order valence-corrected chi connectivity index (χ1v) is 9.94. The topological polar surface area (TPSA) is 39.1 Å². The molecule has 0 amide bonds. The molecule has 1 unspecified atom stereocenters. The maximum absolute atomic E-state index is 5.97. The molecular formula is C22H22BrN3O. The molecule has 1 aromatic heterocycles. The third-order valence-corrected chi connectivity index (χ3v) is 5.13. The zero-order valence-electron chi connectivity index (χ0n) is 15.2. The fraction of sp³-hybridized carbons (Fsp3) is 0.227. The highest BCUT2D eigenvalue weighted by Crippen LogP contribution is 2.24. The number of ether oxygens (including phenoxy) is 1. The summed E-state index contributed by atoms with van der Waals surface area (Å²) in [4.78, 5) is 0. The van der Waals surface area contributed by atoms with Crippen LogP contribution in [0.15, 0.2) is 71.3 Å². The molecule has 5 heteroatoms. The molecule has 4 aromatic rings.